The highest BCUT2D eigenvalue weighted by atomic mass is 16.2. The average molecular weight is 274 g/mol. The first-order valence-corrected chi connectivity index (χ1v) is 7.14. The maximum atomic E-state index is 12.4. The summed E-state index contributed by atoms with van der Waals surface area (Å²) in [7, 11) is 0. The van der Waals surface area contributed by atoms with E-state index in [9.17, 15) is 9.59 Å². The van der Waals surface area contributed by atoms with Crippen LogP contribution < -0.4 is 0 Å². The molecule has 1 saturated heterocycles. The summed E-state index contributed by atoms with van der Waals surface area (Å²) in [6.07, 6.45) is 0.603. The molecule has 0 unspecified atom stereocenters. The lowest BCUT2D eigenvalue weighted by Crippen LogP contribution is -2.49. The summed E-state index contributed by atoms with van der Waals surface area (Å²) < 4.78 is 0. The Labute approximate surface area is 120 Å². The number of aryl methyl sites for hydroxylation is 1. The van der Waals surface area contributed by atoms with E-state index >= 15 is 0 Å². The number of hydrogen-bond acceptors (Lipinski definition) is 3. The molecule has 0 spiro atoms. The normalized spacial score (nSPS) is 16.2. The van der Waals surface area contributed by atoms with Gasteiger partial charge in [-0.25, -0.2) is 0 Å². The summed E-state index contributed by atoms with van der Waals surface area (Å²) in [5.74, 6) is 0.336. The van der Waals surface area contributed by atoms with Crippen molar-refractivity contribution in [3.8, 4) is 0 Å². The quantitative estimate of drug-likeness (QED) is 0.839. The van der Waals surface area contributed by atoms with Crippen molar-refractivity contribution in [1.29, 1.82) is 0 Å². The van der Waals surface area contributed by atoms with E-state index in [0.29, 0.717) is 6.42 Å². The molecule has 2 rings (SSSR count). The van der Waals surface area contributed by atoms with Crippen molar-refractivity contribution >= 4 is 11.7 Å². The highest BCUT2D eigenvalue weighted by Crippen LogP contribution is 2.10. The van der Waals surface area contributed by atoms with Gasteiger partial charge in [0.2, 0.25) is 0 Å². The molecular weight excluding hydrogens is 252 g/mol. The van der Waals surface area contributed by atoms with Crippen LogP contribution in [-0.4, -0.2) is 54.2 Å². The molecule has 0 N–H and O–H groups in total. The number of amides is 1. The van der Waals surface area contributed by atoms with Gasteiger partial charge in [-0.15, -0.1) is 0 Å². The van der Waals surface area contributed by atoms with Crippen molar-refractivity contribution in [2.45, 2.75) is 20.3 Å². The minimum atomic E-state index is 0.111. The predicted octanol–water partition coefficient (Wildman–Crippen LogP) is 1.73. The second-order valence-electron chi connectivity index (χ2n) is 5.46. The van der Waals surface area contributed by atoms with E-state index in [4.69, 9.17) is 0 Å². The average Bonchev–Trinajstić information content (AvgIpc) is 2.45. The standard InChI is InChI=1S/C16H22N2O2/c1-13-4-3-5-15(12-13)16(20)18-10-8-17(9-11-18)7-6-14(2)19/h3-5,12H,6-11H2,1-2H3. The van der Waals surface area contributed by atoms with E-state index in [2.05, 4.69) is 4.90 Å². The van der Waals surface area contributed by atoms with Crippen molar-refractivity contribution in [3.05, 3.63) is 35.4 Å². The van der Waals surface area contributed by atoms with Gasteiger partial charge in [0.15, 0.2) is 0 Å². The van der Waals surface area contributed by atoms with Gasteiger partial charge in [0.25, 0.3) is 5.91 Å². The molecule has 0 aromatic heterocycles. The Morgan fingerprint density at radius 1 is 1.15 bits per heavy atom. The summed E-state index contributed by atoms with van der Waals surface area (Å²) in [6.45, 7) is 7.61. The fourth-order valence-electron chi connectivity index (χ4n) is 2.45. The first-order chi connectivity index (χ1) is 9.56. The van der Waals surface area contributed by atoms with Gasteiger partial charge in [0.1, 0.15) is 5.78 Å². The maximum absolute atomic E-state index is 12.4. The molecule has 1 fully saturated rings. The Bertz CT molecular complexity index is 491. The SMILES string of the molecule is CC(=O)CCN1CCN(C(=O)c2cccc(C)c2)CC1. The van der Waals surface area contributed by atoms with Crippen molar-refractivity contribution in [2.75, 3.05) is 32.7 Å². The third-order valence-electron chi connectivity index (χ3n) is 3.70. The molecule has 1 aliphatic rings. The van der Waals surface area contributed by atoms with Crippen LogP contribution in [0, 0.1) is 6.92 Å². The fourth-order valence-corrected chi connectivity index (χ4v) is 2.45. The van der Waals surface area contributed by atoms with E-state index < -0.39 is 0 Å². The van der Waals surface area contributed by atoms with Crippen LogP contribution in [0.15, 0.2) is 24.3 Å². The van der Waals surface area contributed by atoms with Crippen LogP contribution in [0.1, 0.15) is 29.3 Å². The molecule has 0 saturated carbocycles. The van der Waals surface area contributed by atoms with Crippen LogP contribution in [-0.2, 0) is 4.79 Å². The first kappa shape index (κ1) is 14.7. The minimum absolute atomic E-state index is 0.111. The summed E-state index contributed by atoms with van der Waals surface area (Å²) >= 11 is 0. The fraction of sp³-hybridized carbons (Fsp3) is 0.500. The van der Waals surface area contributed by atoms with E-state index in [1.54, 1.807) is 6.92 Å². The van der Waals surface area contributed by atoms with Crippen LogP contribution in [0.4, 0.5) is 0 Å². The van der Waals surface area contributed by atoms with E-state index in [1.165, 1.54) is 0 Å². The highest BCUT2D eigenvalue weighted by Gasteiger charge is 2.21. The van der Waals surface area contributed by atoms with E-state index in [1.807, 2.05) is 36.1 Å². The van der Waals surface area contributed by atoms with Crippen LogP contribution in [0.3, 0.4) is 0 Å². The molecule has 4 heteroatoms. The molecule has 1 heterocycles. The topological polar surface area (TPSA) is 40.6 Å². The highest BCUT2D eigenvalue weighted by molar-refractivity contribution is 5.94. The van der Waals surface area contributed by atoms with Crippen molar-refractivity contribution in [1.82, 2.24) is 9.80 Å². The predicted molar refractivity (Wildman–Crippen MR) is 78.8 cm³/mol. The van der Waals surface area contributed by atoms with Crippen LogP contribution in [0.5, 0.6) is 0 Å². The smallest absolute Gasteiger partial charge is 0.253 e. The lowest BCUT2D eigenvalue weighted by molar-refractivity contribution is -0.117. The molecule has 4 nitrogen and oxygen atoms in total. The zero-order valence-corrected chi connectivity index (χ0v) is 12.3. The Kier molecular flexibility index (Phi) is 4.90. The van der Waals surface area contributed by atoms with Gasteiger partial charge >= 0.3 is 0 Å². The lowest BCUT2D eigenvalue weighted by Gasteiger charge is -2.34. The molecular formula is C16H22N2O2. The maximum Gasteiger partial charge on any atom is 0.253 e. The van der Waals surface area contributed by atoms with Gasteiger partial charge in [-0.2, -0.15) is 0 Å². The molecule has 1 aromatic rings. The summed E-state index contributed by atoms with van der Waals surface area (Å²) in [5.41, 5.74) is 1.87. The summed E-state index contributed by atoms with van der Waals surface area (Å²) in [4.78, 5) is 27.5. The molecule has 1 amide bonds. The summed E-state index contributed by atoms with van der Waals surface area (Å²) in [6, 6.07) is 7.73. The zero-order valence-electron chi connectivity index (χ0n) is 12.3. The van der Waals surface area contributed by atoms with Gasteiger partial charge in [-0.1, -0.05) is 17.7 Å². The molecule has 1 aliphatic heterocycles. The van der Waals surface area contributed by atoms with E-state index in [-0.39, 0.29) is 11.7 Å². The van der Waals surface area contributed by atoms with Crippen LogP contribution >= 0.6 is 0 Å². The number of hydrogen-bond donors (Lipinski definition) is 0. The molecule has 1 aromatic carbocycles. The van der Waals surface area contributed by atoms with Crippen molar-refractivity contribution in [3.63, 3.8) is 0 Å². The van der Waals surface area contributed by atoms with Crippen LogP contribution in [0.25, 0.3) is 0 Å². The first-order valence-electron chi connectivity index (χ1n) is 7.14. The molecule has 108 valence electrons. The Hall–Kier alpha value is -1.68. The third kappa shape index (κ3) is 3.90. The monoisotopic (exact) mass is 274 g/mol. The molecule has 0 bridgehead atoms. The van der Waals surface area contributed by atoms with Gasteiger partial charge in [0.05, 0.1) is 0 Å². The minimum Gasteiger partial charge on any atom is -0.336 e. The molecule has 20 heavy (non-hydrogen) atoms. The number of Topliss-reactive ketones (excluding diaryl/α,β-unsaturated/α-hetero) is 1. The molecule has 0 atom stereocenters. The number of benzene rings is 1. The van der Waals surface area contributed by atoms with E-state index in [0.717, 1.165) is 43.9 Å². The largest absolute Gasteiger partial charge is 0.336 e. The van der Waals surface area contributed by atoms with Gasteiger partial charge in [0, 0.05) is 44.7 Å². The molecule has 0 radical (unpaired) electrons. The van der Waals surface area contributed by atoms with Gasteiger partial charge in [-0.05, 0) is 26.0 Å². The number of ketones is 1. The number of piperazine rings is 1. The van der Waals surface area contributed by atoms with Gasteiger partial charge in [-0.3, -0.25) is 14.5 Å². The Morgan fingerprint density at radius 3 is 2.45 bits per heavy atom. The van der Waals surface area contributed by atoms with Crippen molar-refractivity contribution < 1.29 is 9.59 Å². The number of carbonyl (C=O) groups excluding carboxylic acids is 2. The van der Waals surface area contributed by atoms with Crippen molar-refractivity contribution in [2.24, 2.45) is 0 Å². The number of carbonyl (C=O) groups is 2. The zero-order chi connectivity index (χ0) is 14.5. The number of nitrogens with zero attached hydrogens (tertiary/aromatic N) is 2. The Balaban J connectivity index is 1.87. The summed E-state index contributed by atoms with van der Waals surface area (Å²) in [5, 5.41) is 0. The van der Waals surface area contributed by atoms with Gasteiger partial charge < -0.3 is 4.90 Å². The second kappa shape index (κ2) is 6.66. The lowest BCUT2D eigenvalue weighted by atomic mass is 10.1. The van der Waals surface area contributed by atoms with Crippen LogP contribution in [0.2, 0.25) is 0 Å². The second-order valence-corrected chi connectivity index (χ2v) is 5.46. The Morgan fingerprint density at radius 2 is 1.85 bits per heavy atom. The molecule has 0 aliphatic carbocycles. The third-order valence-corrected chi connectivity index (χ3v) is 3.70. The number of rotatable bonds is 4.